The summed E-state index contributed by atoms with van der Waals surface area (Å²) in [5.41, 5.74) is 2.08. The first kappa shape index (κ1) is 22.5. The molecule has 0 aliphatic carbocycles. The van der Waals surface area contributed by atoms with E-state index in [-0.39, 0.29) is 17.6 Å². The number of nitrogens with one attached hydrogen (secondary N) is 1. The minimum atomic E-state index is -0.181. The Labute approximate surface area is 198 Å². The van der Waals surface area contributed by atoms with Crippen LogP contribution in [0.15, 0.2) is 58.2 Å². The number of hydrogen-bond acceptors (Lipinski definition) is 6. The summed E-state index contributed by atoms with van der Waals surface area (Å²) in [5, 5.41) is 12.0. The van der Waals surface area contributed by atoms with Gasteiger partial charge in [0.2, 0.25) is 5.91 Å². The zero-order valence-electron chi connectivity index (χ0n) is 17.5. The standard InChI is InChI=1S/C22H22BrN5O3S/c1-27-20(15-5-7-17(23)8-6-15)25-26-22(27)32-14-19(29)24-18-4-2-3-16(13-18)21(30)28-9-11-31-12-10-28/h2-8,13H,9-12,14H2,1H3,(H,24,29). The number of thioether (sulfide) groups is 1. The van der Waals surface area contributed by atoms with Crippen molar-refractivity contribution in [2.45, 2.75) is 5.16 Å². The average molecular weight is 516 g/mol. The van der Waals surface area contributed by atoms with Crippen LogP contribution in [0, 0.1) is 0 Å². The van der Waals surface area contributed by atoms with Crippen molar-refractivity contribution in [1.29, 1.82) is 0 Å². The number of hydrogen-bond donors (Lipinski definition) is 1. The van der Waals surface area contributed by atoms with Gasteiger partial charge in [0.05, 0.1) is 19.0 Å². The lowest BCUT2D eigenvalue weighted by Crippen LogP contribution is -2.40. The normalized spacial score (nSPS) is 13.8. The lowest BCUT2D eigenvalue weighted by atomic mass is 10.1. The van der Waals surface area contributed by atoms with Crippen molar-refractivity contribution < 1.29 is 14.3 Å². The molecule has 0 saturated carbocycles. The first-order valence-corrected chi connectivity index (χ1v) is 11.8. The number of halogens is 1. The van der Waals surface area contributed by atoms with Gasteiger partial charge in [-0.2, -0.15) is 0 Å². The number of morpholine rings is 1. The van der Waals surface area contributed by atoms with Crippen LogP contribution in [0.1, 0.15) is 10.4 Å². The molecule has 2 aromatic carbocycles. The van der Waals surface area contributed by atoms with Crippen molar-refractivity contribution in [1.82, 2.24) is 19.7 Å². The number of carbonyl (C=O) groups excluding carboxylic acids is 2. The van der Waals surface area contributed by atoms with Gasteiger partial charge in [-0.3, -0.25) is 9.59 Å². The summed E-state index contributed by atoms with van der Waals surface area (Å²) in [4.78, 5) is 26.9. The molecule has 166 valence electrons. The van der Waals surface area contributed by atoms with Gasteiger partial charge < -0.3 is 19.5 Å². The molecular formula is C22H22BrN5O3S. The van der Waals surface area contributed by atoms with E-state index in [9.17, 15) is 9.59 Å². The van der Waals surface area contributed by atoms with Crippen molar-refractivity contribution in [3.63, 3.8) is 0 Å². The van der Waals surface area contributed by atoms with Crippen molar-refractivity contribution in [3.05, 3.63) is 58.6 Å². The van der Waals surface area contributed by atoms with Gasteiger partial charge in [-0.05, 0) is 30.3 Å². The van der Waals surface area contributed by atoms with E-state index in [2.05, 4.69) is 31.4 Å². The highest BCUT2D eigenvalue weighted by Gasteiger charge is 2.19. The molecule has 2 heterocycles. The predicted molar refractivity (Wildman–Crippen MR) is 127 cm³/mol. The Hall–Kier alpha value is -2.69. The van der Waals surface area contributed by atoms with E-state index in [4.69, 9.17) is 4.74 Å². The quantitative estimate of drug-likeness (QED) is 0.505. The molecule has 3 aromatic rings. The molecule has 1 aromatic heterocycles. The molecule has 1 N–H and O–H groups in total. The zero-order chi connectivity index (χ0) is 22.5. The number of nitrogens with zero attached hydrogens (tertiary/aromatic N) is 4. The van der Waals surface area contributed by atoms with Crippen molar-refractivity contribution in [2.24, 2.45) is 7.05 Å². The molecule has 0 bridgehead atoms. The van der Waals surface area contributed by atoms with Crippen molar-refractivity contribution in [2.75, 3.05) is 37.4 Å². The van der Waals surface area contributed by atoms with Crippen LogP contribution >= 0.6 is 27.7 Å². The van der Waals surface area contributed by atoms with Gasteiger partial charge in [-0.15, -0.1) is 10.2 Å². The minimum Gasteiger partial charge on any atom is -0.378 e. The van der Waals surface area contributed by atoms with Crippen LogP contribution in [-0.2, 0) is 16.6 Å². The number of anilines is 1. The molecule has 0 spiro atoms. The number of carbonyl (C=O) groups is 2. The van der Waals surface area contributed by atoms with E-state index in [0.717, 1.165) is 15.9 Å². The van der Waals surface area contributed by atoms with Crippen molar-refractivity contribution in [3.8, 4) is 11.4 Å². The summed E-state index contributed by atoms with van der Waals surface area (Å²) in [6.07, 6.45) is 0. The van der Waals surface area contributed by atoms with Crippen LogP contribution in [0.5, 0.6) is 0 Å². The Morgan fingerprint density at radius 2 is 1.88 bits per heavy atom. The smallest absolute Gasteiger partial charge is 0.254 e. The molecule has 4 rings (SSSR count). The fourth-order valence-corrected chi connectivity index (χ4v) is 4.27. The molecule has 0 atom stereocenters. The molecule has 10 heteroatoms. The van der Waals surface area contributed by atoms with Gasteiger partial charge >= 0.3 is 0 Å². The van der Waals surface area contributed by atoms with Crippen LogP contribution in [0.4, 0.5) is 5.69 Å². The maximum absolute atomic E-state index is 12.7. The lowest BCUT2D eigenvalue weighted by molar-refractivity contribution is -0.113. The van der Waals surface area contributed by atoms with E-state index >= 15 is 0 Å². The third kappa shape index (κ3) is 5.37. The largest absolute Gasteiger partial charge is 0.378 e. The highest BCUT2D eigenvalue weighted by atomic mass is 79.9. The van der Waals surface area contributed by atoms with Crippen LogP contribution in [0.25, 0.3) is 11.4 Å². The van der Waals surface area contributed by atoms with Gasteiger partial charge in [-0.25, -0.2) is 0 Å². The van der Waals surface area contributed by atoms with Gasteiger partial charge in [0.1, 0.15) is 0 Å². The number of ether oxygens (including phenoxy) is 1. The van der Waals surface area contributed by atoms with E-state index in [0.29, 0.717) is 42.7 Å². The van der Waals surface area contributed by atoms with Gasteiger partial charge in [0.25, 0.3) is 5.91 Å². The Morgan fingerprint density at radius 3 is 2.62 bits per heavy atom. The molecule has 1 saturated heterocycles. The number of amides is 2. The summed E-state index contributed by atoms with van der Waals surface area (Å²) in [7, 11) is 1.87. The number of aromatic nitrogens is 3. The van der Waals surface area contributed by atoms with E-state index < -0.39 is 0 Å². The molecule has 1 aliphatic rings. The fourth-order valence-electron chi connectivity index (χ4n) is 3.30. The molecule has 1 aliphatic heterocycles. The van der Waals surface area contributed by atoms with Crippen LogP contribution in [0.3, 0.4) is 0 Å². The fraction of sp³-hybridized carbons (Fsp3) is 0.273. The van der Waals surface area contributed by atoms with Crippen LogP contribution < -0.4 is 5.32 Å². The summed E-state index contributed by atoms with van der Waals surface area (Å²) in [5.74, 6) is 0.667. The first-order valence-electron chi connectivity index (χ1n) is 10.1. The molecular weight excluding hydrogens is 494 g/mol. The monoisotopic (exact) mass is 515 g/mol. The third-order valence-corrected chi connectivity index (χ3v) is 6.51. The SMILES string of the molecule is Cn1c(SCC(=O)Nc2cccc(C(=O)N3CCOCC3)c2)nnc1-c1ccc(Br)cc1. The molecule has 0 unspecified atom stereocenters. The lowest BCUT2D eigenvalue weighted by Gasteiger charge is -2.27. The van der Waals surface area contributed by atoms with Crippen LogP contribution in [0.2, 0.25) is 0 Å². The van der Waals surface area contributed by atoms with E-state index in [1.54, 1.807) is 29.2 Å². The Bertz CT molecular complexity index is 1110. The molecule has 8 nitrogen and oxygen atoms in total. The summed E-state index contributed by atoms with van der Waals surface area (Å²) < 4.78 is 8.15. The van der Waals surface area contributed by atoms with Gasteiger partial charge in [0, 0.05) is 41.4 Å². The first-order chi connectivity index (χ1) is 15.5. The van der Waals surface area contributed by atoms with Crippen molar-refractivity contribution >= 4 is 45.2 Å². The predicted octanol–water partition coefficient (Wildman–Crippen LogP) is 3.45. The van der Waals surface area contributed by atoms with Gasteiger partial charge in [-0.1, -0.05) is 45.9 Å². The van der Waals surface area contributed by atoms with Crippen LogP contribution in [-0.4, -0.2) is 63.5 Å². The number of benzene rings is 2. The second-order valence-corrected chi connectivity index (χ2v) is 9.05. The molecule has 32 heavy (non-hydrogen) atoms. The highest BCUT2D eigenvalue weighted by Crippen LogP contribution is 2.24. The van der Waals surface area contributed by atoms with Gasteiger partial charge in [0.15, 0.2) is 11.0 Å². The van der Waals surface area contributed by atoms with E-state index in [1.165, 1.54) is 11.8 Å². The molecule has 2 amide bonds. The maximum Gasteiger partial charge on any atom is 0.254 e. The Kier molecular flexibility index (Phi) is 7.23. The Morgan fingerprint density at radius 1 is 1.12 bits per heavy atom. The molecule has 1 fully saturated rings. The Balaban J connectivity index is 1.35. The second kappa shape index (κ2) is 10.3. The van der Waals surface area contributed by atoms with E-state index in [1.807, 2.05) is 35.9 Å². The maximum atomic E-state index is 12.7. The second-order valence-electron chi connectivity index (χ2n) is 7.19. The summed E-state index contributed by atoms with van der Waals surface area (Å²) >= 11 is 4.73. The number of rotatable bonds is 6. The average Bonchev–Trinajstić information content (AvgIpc) is 3.18. The highest BCUT2D eigenvalue weighted by molar-refractivity contribution is 9.10. The minimum absolute atomic E-state index is 0.0571. The zero-order valence-corrected chi connectivity index (χ0v) is 19.9. The summed E-state index contributed by atoms with van der Waals surface area (Å²) in [6.45, 7) is 2.24. The summed E-state index contributed by atoms with van der Waals surface area (Å²) in [6, 6.07) is 14.8. The molecule has 0 radical (unpaired) electrons. The topological polar surface area (TPSA) is 89.4 Å². The third-order valence-electron chi connectivity index (χ3n) is 4.96.